The molecule has 0 radical (unpaired) electrons. The molecule has 2 atom stereocenters. The van der Waals surface area contributed by atoms with Crippen LogP contribution in [0.3, 0.4) is 0 Å². The highest BCUT2D eigenvalue weighted by molar-refractivity contribution is 9.10. The van der Waals surface area contributed by atoms with Gasteiger partial charge in [0.2, 0.25) is 11.7 Å². The van der Waals surface area contributed by atoms with Gasteiger partial charge in [-0.05, 0) is 36.4 Å². The molecule has 0 unspecified atom stereocenters. The number of halogens is 3. The first-order valence-electron chi connectivity index (χ1n) is 9.01. The maximum absolute atomic E-state index is 13.6. The maximum atomic E-state index is 13.6. The average Bonchev–Trinajstić information content (AvgIpc) is 3.44. The first-order valence-corrected chi connectivity index (χ1v) is 9.80. The number of nitrogens with zero attached hydrogens (tertiary/aromatic N) is 6. The van der Waals surface area contributed by atoms with Crippen molar-refractivity contribution in [3.63, 3.8) is 0 Å². The van der Waals surface area contributed by atoms with Crippen molar-refractivity contribution in [1.29, 1.82) is 0 Å². The molecule has 1 saturated heterocycles. The Labute approximate surface area is 181 Å². The second-order valence-electron chi connectivity index (χ2n) is 6.82. The number of amides is 2. The van der Waals surface area contributed by atoms with E-state index in [1.807, 2.05) is 24.3 Å². The first-order chi connectivity index (χ1) is 14.9. The van der Waals surface area contributed by atoms with Crippen molar-refractivity contribution in [2.75, 3.05) is 4.90 Å². The third-order valence-corrected chi connectivity index (χ3v) is 5.42. The summed E-state index contributed by atoms with van der Waals surface area (Å²) in [6.07, 6.45) is 0. The lowest BCUT2D eigenvalue weighted by Crippen LogP contribution is -2.39. The fourth-order valence-corrected chi connectivity index (χ4v) is 3.67. The SMILES string of the molecule is O=C1[C@@H]2N=NN(Cc3nc(-c4ccc(Br)cc4)no3)[C@H]2C(=O)N1c1ccc(F)c(F)c1. The molecule has 0 bridgehead atoms. The van der Waals surface area contributed by atoms with Crippen molar-refractivity contribution in [1.82, 2.24) is 15.1 Å². The van der Waals surface area contributed by atoms with Gasteiger partial charge in [0, 0.05) is 16.1 Å². The molecule has 156 valence electrons. The number of carbonyl (C=O) groups is 2. The molecule has 31 heavy (non-hydrogen) atoms. The van der Waals surface area contributed by atoms with E-state index in [1.54, 1.807) is 0 Å². The summed E-state index contributed by atoms with van der Waals surface area (Å²) in [5.74, 6) is -3.05. The third kappa shape index (κ3) is 3.28. The van der Waals surface area contributed by atoms with E-state index >= 15 is 0 Å². The highest BCUT2D eigenvalue weighted by Crippen LogP contribution is 2.33. The Kier molecular flexibility index (Phi) is 4.58. The van der Waals surface area contributed by atoms with E-state index in [2.05, 4.69) is 36.4 Å². The van der Waals surface area contributed by atoms with Gasteiger partial charge in [0.1, 0.15) is 6.54 Å². The smallest absolute Gasteiger partial charge is 0.263 e. The Morgan fingerprint density at radius 2 is 1.81 bits per heavy atom. The van der Waals surface area contributed by atoms with Crippen LogP contribution >= 0.6 is 15.9 Å². The van der Waals surface area contributed by atoms with Crippen molar-refractivity contribution in [2.24, 2.45) is 10.3 Å². The molecule has 2 amide bonds. The number of hydrogen-bond acceptors (Lipinski definition) is 8. The molecule has 12 heteroatoms. The number of imide groups is 1. The summed E-state index contributed by atoms with van der Waals surface area (Å²) in [6.45, 7) is -0.0567. The average molecular weight is 489 g/mol. The Hall–Kier alpha value is -3.54. The largest absolute Gasteiger partial charge is 0.337 e. The third-order valence-electron chi connectivity index (χ3n) is 4.89. The van der Waals surface area contributed by atoms with Gasteiger partial charge in [0.15, 0.2) is 23.7 Å². The van der Waals surface area contributed by atoms with Gasteiger partial charge in [0.25, 0.3) is 11.8 Å². The highest BCUT2D eigenvalue weighted by Gasteiger charge is 2.55. The minimum atomic E-state index is -1.17. The van der Waals surface area contributed by atoms with Crippen molar-refractivity contribution in [3.05, 3.63) is 64.5 Å². The lowest BCUT2D eigenvalue weighted by molar-refractivity contribution is -0.123. The summed E-state index contributed by atoms with van der Waals surface area (Å²) in [5, 5.41) is 13.0. The van der Waals surface area contributed by atoms with Crippen LogP contribution in [0.1, 0.15) is 5.89 Å². The monoisotopic (exact) mass is 488 g/mol. The van der Waals surface area contributed by atoms with Crippen molar-refractivity contribution < 1.29 is 22.9 Å². The number of benzene rings is 2. The van der Waals surface area contributed by atoms with Gasteiger partial charge in [0.05, 0.1) is 5.69 Å². The number of carbonyl (C=O) groups excluding carboxylic acids is 2. The van der Waals surface area contributed by atoms with Crippen LogP contribution in [-0.4, -0.2) is 39.0 Å². The standard InChI is InChI=1S/C19H11BrF2N6O3/c20-10-3-1-9(2-4-10)17-23-14(31-25-17)8-27-16-15(24-26-27)18(29)28(19(16)30)11-5-6-12(21)13(22)7-11/h1-7,15-16H,8H2/t15-,16-/m1/s1. The molecule has 2 aliphatic heterocycles. The molecule has 3 heterocycles. The number of fused-ring (bicyclic) bond motifs is 1. The number of rotatable bonds is 4. The van der Waals surface area contributed by atoms with Gasteiger partial charge in [-0.1, -0.05) is 26.3 Å². The summed E-state index contributed by atoms with van der Waals surface area (Å²) < 4.78 is 33.0. The summed E-state index contributed by atoms with van der Waals surface area (Å²) >= 11 is 3.35. The fourth-order valence-electron chi connectivity index (χ4n) is 3.41. The summed E-state index contributed by atoms with van der Waals surface area (Å²) in [6, 6.07) is 7.95. The number of hydrogen-bond donors (Lipinski definition) is 0. The molecule has 0 aliphatic carbocycles. The van der Waals surface area contributed by atoms with Crippen molar-refractivity contribution in [3.8, 4) is 11.4 Å². The second-order valence-corrected chi connectivity index (χ2v) is 7.74. The van der Waals surface area contributed by atoms with Crippen LogP contribution in [0.4, 0.5) is 14.5 Å². The fraction of sp³-hybridized carbons (Fsp3) is 0.158. The lowest BCUT2D eigenvalue weighted by atomic mass is 10.1. The summed E-state index contributed by atoms with van der Waals surface area (Å²) in [7, 11) is 0. The van der Waals surface area contributed by atoms with Crippen LogP contribution in [0.15, 0.2) is 61.8 Å². The van der Waals surface area contributed by atoms with Gasteiger partial charge in [-0.2, -0.15) is 10.1 Å². The van der Waals surface area contributed by atoms with Crippen molar-refractivity contribution in [2.45, 2.75) is 18.6 Å². The molecular weight excluding hydrogens is 478 g/mol. The predicted octanol–water partition coefficient (Wildman–Crippen LogP) is 3.27. The molecule has 0 N–H and O–H groups in total. The number of anilines is 1. The first kappa shape index (κ1) is 19.4. The zero-order valence-electron chi connectivity index (χ0n) is 15.4. The van der Waals surface area contributed by atoms with E-state index in [4.69, 9.17) is 4.52 Å². The molecule has 1 fully saturated rings. The van der Waals surface area contributed by atoms with E-state index in [0.717, 1.165) is 33.1 Å². The molecule has 0 spiro atoms. The molecule has 2 aromatic carbocycles. The van der Waals surface area contributed by atoms with Crippen LogP contribution in [0.25, 0.3) is 11.4 Å². The van der Waals surface area contributed by atoms with Crippen LogP contribution in [0.2, 0.25) is 0 Å². The lowest BCUT2D eigenvalue weighted by Gasteiger charge is -2.19. The van der Waals surface area contributed by atoms with Crippen molar-refractivity contribution >= 4 is 33.4 Å². The molecule has 3 aromatic rings. The Bertz CT molecular complexity index is 1230. The Morgan fingerprint density at radius 1 is 1.03 bits per heavy atom. The van der Waals surface area contributed by atoms with Gasteiger partial charge >= 0.3 is 0 Å². The minimum absolute atomic E-state index is 0.0567. The quantitative estimate of drug-likeness (QED) is 0.522. The predicted molar refractivity (Wildman–Crippen MR) is 104 cm³/mol. The zero-order chi connectivity index (χ0) is 21.7. The molecular formula is C19H11BrF2N6O3. The highest BCUT2D eigenvalue weighted by atomic mass is 79.9. The zero-order valence-corrected chi connectivity index (χ0v) is 17.0. The van der Waals surface area contributed by atoms with E-state index in [9.17, 15) is 18.4 Å². The summed E-state index contributed by atoms with van der Waals surface area (Å²) in [5.41, 5.74) is 0.657. The second kappa shape index (κ2) is 7.30. The van der Waals surface area contributed by atoms with Gasteiger partial charge in [-0.3, -0.25) is 14.6 Å². The van der Waals surface area contributed by atoms with Gasteiger partial charge in [-0.15, -0.1) is 0 Å². The minimum Gasteiger partial charge on any atom is -0.337 e. The van der Waals surface area contributed by atoms with E-state index in [-0.39, 0.29) is 18.1 Å². The van der Waals surface area contributed by atoms with Crippen LogP contribution in [0, 0.1) is 11.6 Å². The summed E-state index contributed by atoms with van der Waals surface area (Å²) in [4.78, 5) is 30.6. The van der Waals surface area contributed by atoms with E-state index in [0.29, 0.717) is 5.82 Å². The number of aromatic nitrogens is 2. The van der Waals surface area contributed by atoms with E-state index < -0.39 is 35.5 Å². The molecule has 9 nitrogen and oxygen atoms in total. The van der Waals surface area contributed by atoms with Gasteiger partial charge < -0.3 is 4.52 Å². The molecule has 2 aliphatic rings. The normalized spacial score (nSPS) is 20.1. The molecule has 5 rings (SSSR count). The van der Waals surface area contributed by atoms with Crippen LogP contribution < -0.4 is 4.90 Å². The van der Waals surface area contributed by atoms with Gasteiger partial charge in [-0.25, -0.2) is 13.7 Å². The van der Waals surface area contributed by atoms with E-state index in [1.165, 1.54) is 5.01 Å². The Morgan fingerprint density at radius 3 is 2.55 bits per heavy atom. The van der Waals surface area contributed by atoms with Crippen LogP contribution in [-0.2, 0) is 16.1 Å². The van der Waals surface area contributed by atoms with Crippen LogP contribution in [0.5, 0.6) is 0 Å². The molecule has 1 aromatic heterocycles. The maximum Gasteiger partial charge on any atom is 0.263 e. The topological polar surface area (TPSA) is 104 Å². The molecule has 0 saturated carbocycles. The Balaban J connectivity index is 1.36.